The van der Waals surface area contributed by atoms with Gasteiger partial charge in [-0.25, -0.2) is 0 Å². The van der Waals surface area contributed by atoms with Crippen LogP contribution in [0.4, 0.5) is 0 Å². The van der Waals surface area contributed by atoms with Gasteiger partial charge in [-0.2, -0.15) is 0 Å². The molecular formula is C12H16N2O5. The average Bonchev–Trinajstić information content (AvgIpc) is 2.91. The van der Waals surface area contributed by atoms with E-state index in [4.69, 9.17) is 14.4 Å². The molecule has 2 unspecified atom stereocenters. The molecule has 0 saturated carbocycles. The topological polar surface area (TPSA) is 102 Å². The van der Waals surface area contributed by atoms with Gasteiger partial charge in [0.25, 0.3) is 0 Å². The molecule has 1 amide bonds. The molecule has 0 spiro atoms. The number of carboxylic acids is 1. The van der Waals surface area contributed by atoms with Crippen LogP contribution in [0.2, 0.25) is 0 Å². The Morgan fingerprint density at radius 1 is 1.42 bits per heavy atom. The lowest BCUT2D eigenvalue weighted by atomic mass is 10.0. The molecule has 7 heteroatoms. The molecule has 1 aliphatic heterocycles. The van der Waals surface area contributed by atoms with E-state index in [0.29, 0.717) is 11.5 Å². The van der Waals surface area contributed by atoms with Gasteiger partial charge in [0, 0.05) is 5.56 Å². The maximum atomic E-state index is 11.9. The van der Waals surface area contributed by atoms with Gasteiger partial charge in [0.2, 0.25) is 5.91 Å². The molecule has 2 rings (SSSR count). The summed E-state index contributed by atoms with van der Waals surface area (Å²) in [6.07, 6.45) is 0.129. The first-order chi connectivity index (χ1) is 8.99. The van der Waals surface area contributed by atoms with Crippen LogP contribution in [-0.4, -0.2) is 41.4 Å². The first kappa shape index (κ1) is 13.5. The minimum Gasteiger partial charge on any atom is -0.481 e. The fraction of sp³-hybridized carbons (Fsp3) is 0.583. The number of hydrogen-bond donors (Lipinski definition) is 2. The van der Waals surface area contributed by atoms with Crippen LogP contribution in [0, 0.1) is 19.8 Å². The molecule has 1 fully saturated rings. The maximum absolute atomic E-state index is 11.9. The smallest absolute Gasteiger partial charge is 0.311 e. The van der Waals surface area contributed by atoms with Crippen LogP contribution in [0.15, 0.2) is 4.52 Å². The Balaban J connectivity index is 1.96. The second-order valence-corrected chi connectivity index (χ2v) is 4.64. The third kappa shape index (κ3) is 2.93. The van der Waals surface area contributed by atoms with E-state index >= 15 is 0 Å². The Bertz CT molecular complexity index is 477. The number of amides is 1. The van der Waals surface area contributed by atoms with Crippen molar-refractivity contribution in [1.82, 2.24) is 10.5 Å². The largest absolute Gasteiger partial charge is 0.481 e. The molecule has 7 nitrogen and oxygen atoms in total. The Labute approximate surface area is 109 Å². The van der Waals surface area contributed by atoms with E-state index in [-0.39, 0.29) is 25.5 Å². The van der Waals surface area contributed by atoms with E-state index in [9.17, 15) is 9.59 Å². The molecule has 1 saturated heterocycles. The van der Waals surface area contributed by atoms with Crippen molar-refractivity contribution in [1.29, 1.82) is 0 Å². The second-order valence-electron chi connectivity index (χ2n) is 4.64. The number of carboxylic acid groups (broad SMARTS) is 1. The Morgan fingerprint density at radius 2 is 2.16 bits per heavy atom. The fourth-order valence-corrected chi connectivity index (χ4v) is 2.11. The lowest BCUT2D eigenvalue weighted by molar-refractivity contribution is -0.142. The zero-order valence-corrected chi connectivity index (χ0v) is 10.8. The molecule has 0 radical (unpaired) electrons. The minimum absolute atomic E-state index is 0.129. The van der Waals surface area contributed by atoms with Gasteiger partial charge in [-0.3, -0.25) is 9.59 Å². The quantitative estimate of drug-likeness (QED) is 0.800. The van der Waals surface area contributed by atoms with E-state index in [1.54, 1.807) is 13.8 Å². The van der Waals surface area contributed by atoms with Crippen molar-refractivity contribution in [2.75, 3.05) is 13.2 Å². The third-order valence-corrected chi connectivity index (χ3v) is 3.26. The highest BCUT2D eigenvalue weighted by Gasteiger charge is 2.35. The summed E-state index contributed by atoms with van der Waals surface area (Å²) in [5, 5.41) is 15.4. The Hall–Kier alpha value is -1.89. The summed E-state index contributed by atoms with van der Waals surface area (Å²) in [6.45, 7) is 3.86. The number of nitrogens with zero attached hydrogens (tertiary/aromatic N) is 1. The third-order valence-electron chi connectivity index (χ3n) is 3.26. The summed E-state index contributed by atoms with van der Waals surface area (Å²) in [7, 11) is 0. The zero-order valence-electron chi connectivity index (χ0n) is 10.8. The number of aliphatic carboxylic acids is 1. The fourth-order valence-electron chi connectivity index (χ4n) is 2.11. The monoisotopic (exact) mass is 268 g/mol. The molecular weight excluding hydrogens is 252 g/mol. The van der Waals surface area contributed by atoms with Crippen molar-refractivity contribution in [3.8, 4) is 0 Å². The number of ether oxygens (including phenoxy) is 1. The molecule has 2 atom stereocenters. The van der Waals surface area contributed by atoms with Crippen molar-refractivity contribution in [3.63, 3.8) is 0 Å². The van der Waals surface area contributed by atoms with E-state index < -0.39 is 17.9 Å². The molecule has 0 aromatic carbocycles. The van der Waals surface area contributed by atoms with Gasteiger partial charge in [-0.05, 0) is 13.8 Å². The Morgan fingerprint density at radius 3 is 2.74 bits per heavy atom. The predicted octanol–water partition coefficient (Wildman–Crippen LogP) is 0.0497. The number of hydrogen-bond acceptors (Lipinski definition) is 5. The van der Waals surface area contributed by atoms with Crippen molar-refractivity contribution in [2.24, 2.45) is 5.92 Å². The molecule has 1 aromatic rings. The number of aromatic nitrogens is 1. The molecule has 1 aromatic heterocycles. The molecule has 2 heterocycles. The molecule has 0 bridgehead atoms. The highest BCUT2D eigenvalue weighted by molar-refractivity contribution is 5.80. The van der Waals surface area contributed by atoms with Crippen LogP contribution < -0.4 is 5.32 Å². The summed E-state index contributed by atoms with van der Waals surface area (Å²) in [6, 6.07) is -0.481. The normalized spacial score (nSPS) is 22.4. The average molecular weight is 268 g/mol. The summed E-state index contributed by atoms with van der Waals surface area (Å²) in [5.41, 5.74) is 1.41. The van der Waals surface area contributed by atoms with Gasteiger partial charge in [-0.15, -0.1) is 0 Å². The van der Waals surface area contributed by atoms with Gasteiger partial charge in [0.1, 0.15) is 11.7 Å². The molecule has 1 aliphatic rings. The van der Waals surface area contributed by atoms with Crippen LogP contribution in [0.1, 0.15) is 17.0 Å². The highest BCUT2D eigenvalue weighted by atomic mass is 16.5. The van der Waals surface area contributed by atoms with Gasteiger partial charge in [0.15, 0.2) is 0 Å². The molecule has 104 valence electrons. The lowest BCUT2D eigenvalue weighted by Gasteiger charge is -2.15. The van der Waals surface area contributed by atoms with Crippen LogP contribution in [0.5, 0.6) is 0 Å². The van der Waals surface area contributed by atoms with Gasteiger partial charge < -0.3 is 19.7 Å². The van der Waals surface area contributed by atoms with E-state index in [1.165, 1.54) is 0 Å². The first-order valence-corrected chi connectivity index (χ1v) is 6.00. The van der Waals surface area contributed by atoms with Gasteiger partial charge >= 0.3 is 5.97 Å². The summed E-state index contributed by atoms with van der Waals surface area (Å²) in [5.74, 6) is -1.30. The van der Waals surface area contributed by atoms with Gasteiger partial charge in [-0.1, -0.05) is 5.16 Å². The molecule has 2 N–H and O–H groups in total. The number of carbonyl (C=O) groups excluding carboxylic acids is 1. The second kappa shape index (κ2) is 5.40. The number of aryl methyl sites for hydroxylation is 2. The van der Waals surface area contributed by atoms with E-state index in [0.717, 1.165) is 5.56 Å². The van der Waals surface area contributed by atoms with Crippen LogP contribution in [-0.2, 0) is 20.7 Å². The predicted molar refractivity (Wildman–Crippen MR) is 63.6 cm³/mol. The highest BCUT2D eigenvalue weighted by Crippen LogP contribution is 2.16. The summed E-state index contributed by atoms with van der Waals surface area (Å²) in [4.78, 5) is 22.9. The Kier molecular flexibility index (Phi) is 3.84. The van der Waals surface area contributed by atoms with E-state index in [2.05, 4.69) is 10.5 Å². The van der Waals surface area contributed by atoms with E-state index in [1.807, 2.05) is 0 Å². The molecule has 0 aliphatic carbocycles. The SMILES string of the molecule is Cc1noc(C)c1CC(=O)NC1COCC1C(=O)O. The lowest BCUT2D eigenvalue weighted by Crippen LogP contribution is -2.43. The van der Waals surface area contributed by atoms with Crippen molar-refractivity contribution < 1.29 is 24.0 Å². The van der Waals surface area contributed by atoms with Crippen molar-refractivity contribution in [3.05, 3.63) is 17.0 Å². The number of rotatable bonds is 4. The minimum atomic E-state index is -0.958. The summed E-state index contributed by atoms with van der Waals surface area (Å²) >= 11 is 0. The van der Waals surface area contributed by atoms with Crippen LogP contribution in [0.25, 0.3) is 0 Å². The standard InChI is InChI=1S/C12H16N2O5/c1-6-8(7(2)19-14-6)3-11(15)13-10-5-18-4-9(10)12(16)17/h9-10H,3-5H2,1-2H3,(H,13,15)(H,16,17). The number of nitrogens with one attached hydrogen (secondary N) is 1. The van der Waals surface area contributed by atoms with Crippen molar-refractivity contribution in [2.45, 2.75) is 26.3 Å². The van der Waals surface area contributed by atoms with Crippen LogP contribution >= 0.6 is 0 Å². The van der Waals surface area contributed by atoms with Gasteiger partial charge in [0.05, 0.1) is 31.4 Å². The molecule has 19 heavy (non-hydrogen) atoms. The number of carbonyl (C=O) groups is 2. The summed E-state index contributed by atoms with van der Waals surface area (Å²) < 4.78 is 10.1. The van der Waals surface area contributed by atoms with Crippen LogP contribution in [0.3, 0.4) is 0 Å². The van der Waals surface area contributed by atoms with Crippen molar-refractivity contribution >= 4 is 11.9 Å². The maximum Gasteiger partial charge on any atom is 0.311 e. The first-order valence-electron chi connectivity index (χ1n) is 6.00. The zero-order chi connectivity index (χ0) is 14.0.